The second-order valence-electron chi connectivity index (χ2n) is 5.19. The van der Waals surface area contributed by atoms with Gasteiger partial charge < -0.3 is 15.4 Å². The number of methoxy groups -OCH3 is 1. The number of benzene rings is 1. The topological polar surface area (TPSA) is 76.9 Å². The molecule has 0 bridgehead atoms. The van der Waals surface area contributed by atoms with E-state index in [-0.39, 0.29) is 0 Å². The number of aryl methyl sites for hydroxylation is 1. The van der Waals surface area contributed by atoms with Crippen molar-refractivity contribution >= 4 is 28.5 Å². The molecule has 0 radical (unpaired) electrons. The smallest absolute Gasteiger partial charge is 0.226 e. The summed E-state index contributed by atoms with van der Waals surface area (Å²) in [5.41, 5.74) is 1.68. The lowest BCUT2D eigenvalue weighted by Crippen LogP contribution is -2.07. The van der Waals surface area contributed by atoms with Gasteiger partial charge in [-0.1, -0.05) is 13.0 Å². The maximum Gasteiger partial charge on any atom is 0.226 e. The SMILES string of the molecule is CCCNc1nc(Nc2cccc(OC)c2)c2cnn(C)c2n1. The number of fused-ring (bicyclic) bond motifs is 1. The van der Waals surface area contributed by atoms with Gasteiger partial charge in [0, 0.05) is 25.3 Å². The van der Waals surface area contributed by atoms with Crippen LogP contribution in [0, 0.1) is 0 Å². The summed E-state index contributed by atoms with van der Waals surface area (Å²) in [6.07, 6.45) is 2.77. The third kappa shape index (κ3) is 3.18. The van der Waals surface area contributed by atoms with Crippen LogP contribution in [-0.4, -0.2) is 33.4 Å². The quantitative estimate of drug-likeness (QED) is 0.729. The molecule has 0 aliphatic heterocycles. The van der Waals surface area contributed by atoms with Gasteiger partial charge in [0.2, 0.25) is 5.95 Å². The predicted octanol–water partition coefficient (Wildman–Crippen LogP) is 2.94. The number of anilines is 3. The molecule has 0 aliphatic rings. The van der Waals surface area contributed by atoms with Crippen LogP contribution in [0.2, 0.25) is 0 Å². The molecule has 0 fully saturated rings. The van der Waals surface area contributed by atoms with Crippen molar-refractivity contribution in [2.75, 3.05) is 24.3 Å². The van der Waals surface area contributed by atoms with E-state index in [0.29, 0.717) is 5.95 Å². The van der Waals surface area contributed by atoms with Gasteiger partial charge in [0.25, 0.3) is 0 Å². The fraction of sp³-hybridized carbons (Fsp3) is 0.312. The van der Waals surface area contributed by atoms with E-state index < -0.39 is 0 Å². The van der Waals surface area contributed by atoms with Crippen LogP contribution in [0.15, 0.2) is 30.5 Å². The molecule has 3 aromatic rings. The molecule has 0 saturated carbocycles. The highest BCUT2D eigenvalue weighted by Crippen LogP contribution is 2.26. The average molecular weight is 312 g/mol. The molecule has 0 aliphatic carbocycles. The molecule has 0 amide bonds. The molecule has 7 nitrogen and oxygen atoms in total. The van der Waals surface area contributed by atoms with Crippen LogP contribution in [0.25, 0.3) is 11.0 Å². The first-order valence-corrected chi connectivity index (χ1v) is 7.56. The van der Waals surface area contributed by atoms with Gasteiger partial charge in [0.15, 0.2) is 5.65 Å². The van der Waals surface area contributed by atoms with Crippen molar-refractivity contribution in [3.63, 3.8) is 0 Å². The molecule has 2 aromatic heterocycles. The molecule has 3 rings (SSSR count). The molecule has 2 heterocycles. The molecular weight excluding hydrogens is 292 g/mol. The minimum atomic E-state index is 0.591. The Kier molecular flexibility index (Phi) is 4.27. The highest BCUT2D eigenvalue weighted by Gasteiger charge is 2.12. The Balaban J connectivity index is 2.00. The van der Waals surface area contributed by atoms with Gasteiger partial charge in [-0.25, -0.2) is 0 Å². The fourth-order valence-corrected chi connectivity index (χ4v) is 2.27. The Bertz CT molecular complexity index is 813. The third-order valence-electron chi connectivity index (χ3n) is 3.46. The second kappa shape index (κ2) is 6.51. The molecule has 23 heavy (non-hydrogen) atoms. The fourth-order valence-electron chi connectivity index (χ4n) is 2.27. The van der Waals surface area contributed by atoms with Crippen LogP contribution < -0.4 is 15.4 Å². The van der Waals surface area contributed by atoms with Crippen molar-refractivity contribution in [1.29, 1.82) is 0 Å². The summed E-state index contributed by atoms with van der Waals surface area (Å²) in [6.45, 7) is 2.92. The van der Waals surface area contributed by atoms with Crippen LogP contribution in [-0.2, 0) is 7.05 Å². The minimum absolute atomic E-state index is 0.591. The number of hydrogen-bond acceptors (Lipinski definition) is 6. The molecule has 7 heteroatoms. The summed E-state index contributed by atoms with van der Waals surface area (Å²) >= 11 is 0. The number of nitrogens with zero attached hydrogens (tertiary/aromatic N) is 4. The van der Waals surface area contributed by atoms with Gasteiger partial charge >= 0.3 is 0 Å². The van der Waals surface area contributed by atoms with Crippen molar-refractivity contribution in [3.05, 3.63) is 30.5 Å². The summed E-state index contributed by atoms with van der Waals surface area (Å²) in [7, 11) is 3.52. The van der Waals surface area contributed by atoms with E-state index >= 15 is 0 Å². The number of rotatable bonds is 6. The Hall–Kier alpha value is -2.83. The van der Waals surface area contributed by atoms with Gasteiger partial charge in [-0.2, -0.15) is 15.1 Å². The maximum atomic E-state index is 5.26. The molecule has 0 unspecified atom stereocenters. The summed E-state index contributed by atoms with van der Waals surface area (Å²) in [6, 6.07) is 7.72. The first-order valence-electron chi connectivity index (χ1n) is 7.56. The minimum Gasteiger partial charge on any atom is -0.497 e. The standard InChI is InChI=1S/C16H20N6O/c1-4-8-17-16-20-14(13-10-18-22(2)15(13)21-16)19-11-6-5-7-12(9-11)23-3/h5-7,9-10H,4,8H2,1-3H3,(H2,17,19,20,21). The van der Waals surface area contributed by atoms with E-state index in [2.05, 4.69) is 32.6 Å². The molecule has 2 N–H and O–H groups in total. The van der Waals surface area contributed by atoms with Crippen molar-refractivity contribution in [1.82, 2.24) is 19.7 Å². The lowest BCUT2D eigenvalue weighted by molar-refractivity contribution is 0.415. The monoisotopic (exact) mass is 312 g/mol. The highest BCUT2D eigenvalue weighted by atomic mass is 16.5. The molecule has 0 spiro atoms. The molecule has 0 saturated heterocycles. The van der Waals surface area contributed by atoms with Gasteiger partial charge in [-0.3, -0.25) is 4.68 Å². The molecule has 0 atom stereocenters. The first-order chi connectivity index (χ1) is 11.2. The molecule has 120 valence electrons. The van der Waals surface area contributed by atoms with E-state index in [1.807, 2.05) is 31.3 Å². The van der Waals surface area contributed by atoms with Crippen LogP contribution in [0.4, 0.5) is 17.5 Å². The van der Waals surface area contributed by atoms with Gasteiger partial charge in [-0.05, 0) is 18.6 Å². The van der Waals surface area contributed by atoms with Crippen molar-refractivity contribution in [3.8, 4) is 5.75 Å². The van der Waals surface area contributed by atoms with E-state index in [4.69, 9.17) is 4.74 Å². The Morgan fingerprint density at radius 2 is 2.13 bits per heavy atom. The van der Waals surface area contributed by atoms with Crippen LogP contribution in [0.1, 0.15) is 13.3 Å². The lowest BCUT2D eigenvalue weighted by atomic mass is 10.3. The number of ether oxygens (including phenoxy) is 1. The highest BCUT2D eigenvalue weighted by molar-refractivity contribution is 5.89. The molecular formula is C16H20N6O. The van der Waals surface area contributed by atoms with E-state index in [1.165, 1.54) is 0 Å². The second-order valence-corrected chi connectivity index (χ2v) is 5.19. The number of hydrogen-bond donors (Lipinski definition) is 2. The summed E-state index contributed by atoms with van der Waals surface area (Å²) in [4.78, 5) is 9.10. The summed E-state index contributed by atoms with van der Waals surface area (Å²) in [5.74, 6) is 2.10. The zero-order valence-electron chi connectivity index (χ0n) is 13.5. The van der Waals surface area contributed by atoms with Crippen LogP contribution >= 0.6 is 0 Å². The zero-order valence-corrected chi connectivity index (χ0v) is 13.5. The number of aromatic nitrogens is 4. The van der Waals surface area contributed by atoms with E-state index in [9.17, 15) is 0 Å². The summed E-state index contributed by atoms with van der Waals surface area (Å²) in [5, 5.41) is 11.7. The van der Waals surface area contributed by atoms with Crippen molar-refractivity contribution in [2.24, 2.45) is 7.05 Å². The van der Waals surface area contributed by atoms with Crippen LogP contribution in [0.5, 0.6) is 5.75 Å². The van der Waals surface area contributed by atoms with Crippen molar-refractivity contribution in [2.45, 2.75) is 13.3 Å². The van der Waals surface area contributed by atoms with Crippen molar-refractivity contribution < 1.29 is 4.74 Å². The molecule has 1 aromatic carbocycles. The largest absolute Gasteiger partial charge is 0.497 e. The van der Waals surface area contributed by atoms with Crippen LogP contribution in [0.3, 0.4) is 0 Å². The van der Waals surface area contributed by atoms with E-state index in [0.717, 1.165) is 41.3 Å². The van der Waals surface area contributed by atoms with Gasteiger partial charge in [-0.15, -0.1) is 0 Å². The Morgan fingerprint density at radius 3 is 2.91 bits per heavy atom. The zero-order chi connectivity index (χ0) is 16.2. The Morgan fingerprint density at radius 1 is 1.26 bits per heavy atom. The lowest BCUT2D eigenvalue weighted by Gasteiger charge is -2.10. The normalized spacial score (nSPS) is 10.7. The predicted molar refractivity (Wildman–Crippen MR) is 91.4 cm³/mol. The average Bonchev–Trinajstić information content (AvgIpc) is 2.95. The first kappa shape index (κ1) is 15.1. The third-order valence-corrected chi connectivity index (χ3v) is 3.46. The Labute approximate surface area is 134 Å². The van der Waals surface area contributed by atoms with E-state index in [1.54, 1.807) is 18.0 Å². The number of nitrogens with one attached hydrogen (secondary N) is 2. The van der Waals surface area contributed by atoms with Gasteiger partial charge in [0.05, 0.1) is 18.7 Å². The maximum absolute atomic E-state index is 5.26. The summed E-state index contributed by atoms with van der Waals surface area (Å²) < 4.78 is 7.00. The van der Waals surface area contributed by atoms with Gasteiger partial charge in [0.1, 0.15) is 11.6 Å².